The maximum atomic E-state index is 2.18. The van der Waals surface area contributed by atoms with Crippen LogP contribution in [0.5, 0.6) is 0 Å². The molecule has 1 aromatic carbocycles. The Labute approximate surface area is 80.4 Å². The fraction of sp³-hybridized carbons (Fsp3) is 0.455. The monoisotopic (exact) mass is 182 g/mol. The smallest absolute Gasteiger partial charge is 0.0101 e. The van der Waals surface area contributed by atoms with E-state index in [1.165, 1.54) is 10.5 Å². The van der Waals surface area contributed by atoms with E-state index in [0.29, 0.717) is 0 Å². The first kappa shape index (κ1) is 11.6. The van der Waals surface area contributed by atoms with Gasteiger partial charge in [-0.05, 0) is 24.3 Å². The van der Waals surface area contributed by atoms with Gasteiger partial charge < -0.3 is 0 Å². The van der Waals surface area contributed by atoms with Gasteiger partial charge in [-0.25, -0.2) is 0 Å². The summed E-state index contributed by atoms with van der Waals surface area (Å²) in [5.74, 6) is 1.16. The standard InChI is InChI=1S/C9H12S.C2H6/c1-3-10-9-7-5-4-6-8(9)2;1-2/h4-7H,3H2,1-2H3;1-2H3. The van der Waals surface area contributed by atoms with Gasteiger partial charge in [0.1, 0.15) is 0 Å². The zero-order valence-electron chi connectivity index (χ0n) is 8.42. The molecule has 68 valence electrons. The summed E-state index contributed by atoms with van der Waals surface area (Å²) in [7, 11) is 0. The molecule has 0 N–H and O–H groups in total. The first-order chi connectivity index (χ1) is 5.84. The van der Waals surface area contributed by atoms with Crippen molar-refractivity contribution in [2.24, 2.45) is 0 Å². The lowest BCUT2D eigenvalue weighted by Crippen LogP contribution is -1.77. The van der Waals surface area contributed by atoms with Gasteiger partial charge in [0.2, 0.25) is 0 Å². The Hall–Kier alpha value is -0.430. The molecule has 0 amide bonds. The molecule has 0 nitrogen and oxygen atoms in total. The minimum atomic E-state index is 1.16. The van der Waals surface area contributed by atoms with E-state index >= 15 is 0 Å². The molecule has 0 heterocycles. The Bertz CT molecular complexity index is 206. The highest BCUT2D eigenvalue weighted by Gasteiger charge is 1.92. The van der Waals surface area contributed by atoms with Crippen LogP contribution in [0.2, 0.25) is 0 Å². The zero-order chi connectivity index (χ0) is 9.40. The van der Waals surface area contributed by atoms with Crippen molar-refractivity contribution in [3.8, 4) is 0 Å². The molecule has 0 fully saturated rings. The van der Waals surface area contributed by atoms with E-state index in [1.807, 2.05) is 25.6 Å². The highest BCUT2D eigenvalue weighted by Crippen LogP contribution is 2.20. The molecule has 1 rings (SSSR count). The summed E-state index contributed by atoms with van der Waals surface area (Å²) in [5, 5.41) is 0. The van der Waals surface area contributed by atoms with Gasteiger partial charge in [0.05, 0.1) is 0 Å². The SMILES string of the molecule is CC.CCSc1ccccc1C. The Kier molecular flexibility index (Phi) is 6.97. The molecular formula is C11H18S. The molecular weight excluding hydrogens is 164 g/mol. The van der Waals surface area contributed by atoms with Crippen LogP contribution in [-0.4, -0.2) is 5.75 Å². The van der Waals surface area contributed by atoms with Crippen molar-refractivity contribution in [3.63, 3.8) is 0 Å². The summed E-state index contributed by atoms with van der Waals surface area (Å²) in [6.45, 7) is 8.33. The van der Waals surface area contributed by atoms with Gasteiger partial charge in [0, 0.05) is 4.90 Å². The van der Waals surface area contributed by atoms with Crippen molar-refractivity contribution in [3.05, 3.63) is 29.8 Å². The molecule has 0 saturated heterocycles. The van der Waals surface area contributed by atoms with E-state index in [2.05, 4.69) is 38.1 Å². The molecule has 0 spiro atoms. The van der Waals surface area contributed by atoms with Crippen molar-refractivity contribution in [2.75, 3.05) is 5.75 Å². The van der Waals surface area contributed by atoms with E-state index < -0.39 is 0 Å². The number of rotatable bonds is 2. The lowest BCUT2D eigenvalue weighted by molar-refractivity contribution is 1.30. The summed E-state index contributed by atoms with van der Waals surface area (Å²) in [5.41, 5.74) is 1.38. The number of hydrogen-bond donors (Lipinski definition) is 0. The average molecular weight is 182 g/mol. The molecule has 0 aliphatic carbocycles. The third-order valence-electron chi connectivity index (χ3n) is 1.39. The highest BCUT2D eigenvalue weighted by molar-refractivity contribution is 7.99. The summed E-state index contributed by atoms with van der Waals surface area (Å²) >= 11 is 1.90. The minimum absolute atomic E-state index is 1.16. The van der Waals surface area contributed by atoms with E-state index in [-0.39, 0.29) is 0 Å². The predicted molar refractivity (Wildman–Crippen MR) is 58.9 cm³/mol. The fourth-order valence-electron chi connectivity index (χ4n) is 0.874. The number of aryl methyl sites for hydroxylation is 1. The molecule has 12 heavy (non-hydrogen) atoms. The molecule has 0 radical (unpaired) electrons. The van der Waals surface area contributed by atoms with Gasteiger partial charge in [-0.3, -0.25) is 0 Å². The second-order valence-electron chi connectivity index (χ2n) is 2.20. The van der Waals surface area contributed by atoms with E-state index in [9.17, 15) is 0 Å². The van der Waals surface area contributed by atoms with Gasteiger partial charge in [-0.2, -0.15) is 0 Å². The lowest BCUT2D eigenvalue weighted by Gasteiger charge is -2.00. The Morgan fingerprint density at radius 1 is 1.17 bits per heavy atom. The van der Waals surface area contributed by atoms with Crippen LogP contribution in [0.15, 0.2) is 29.2 Å². The number of benzene rings is 1. The summed E-state index contributed by atoms with van der Waals surface area (Å²) in [4.78, 5) is 1.41. The van der Waals surface area contributed by atoms with Crippen molar-refractivity contribution in [1.82, 2.24) is 0 Å². The van der Waals surface area contributed by atoms with Crippen LogP contribution >= 0.6 is 11.8 Å². The van der Waals surface area contributed by atoms with E-state index in [4.69, 9.17) is 0 Å². The highest BCUT2D eigenvalue weighted by atomic mass is 32.2. The summed E-state index contributed by atoms with van der Waals surface area (Å²) < 4.78 is 0. The zero-order valence-corrected chi connectivity index (χ0v) is 9.24. The first-order valence-corrected chi connectivity index (χ1v) is 5.51. The first-order valence-electron chi connectivity index (χ1n) is 4.53. The van der Waals surface area contributed by atoms with Crippen LogP contribution in [0.4, 0.5) is 0 Å². The summed E-state index contributed by atoms with van der Waals surface area (Å²) in [6.07, 6.45) is 0. The molecule has 0 atom stereocenters. The van der Waals surface area contributed by atoms with Gasteiger partial charge in [-0.15, -0.1) is 11.8 Å². The molecule has 0 aromatic heterocycles. The molecule has 0 unspecified atom stereocenters. The topological polar surface area (TPSA) is 0 Å². The van der Waals surface area contributed by atoms with Crippen LogP contribution < -0.4 is 0 Å². The number of thioether (sulfide) groups is 1. The minimum Gasteiger partial charge on any atom is -0.126 e. The number of hydrogen-bond acceptors (Lipinski definition) is 1. The molecule has 0 aliphatic rings. The molecule has 0 aliphatic heterocycles. The Morgan fingerprint density at radius 3 is 2.25 bits per heavy atom. The van der Waals surface area contributed by atoms with Gasteiger partial charge in [-0.1, -0.05) is 39.0 Å². The third kappa shape index (κ3) is 3.82. The molecule has 0 saturated carbocycles. The Morgan fingerprint density at radius 2 is 1.75 bits per heavy atom. The maximum Gasteiger partial charge on any atom is 0.0101 e. The van der Waals surface area contributed by atoms with E-state index in [0.717, 1.165) is 5.75 Å². The molecule has 0 bridgehead atoms. The van der Waals surface area contributed by atoms with Crippen molar-refractivity contribution >= 4 is 11.8 Å². The lowest BCUT2D eigenvalue weighted by atomic mass is 10.2. The van der Waals surface area contributed by atoms with Crippen molar-refractivity contribution in [1.29, 1.82) is 0 Å². The van der Waals surface area contributed by atoms with Crippen LogP contribution in [0.1, 0.15) is 26.3 Å². The Balaban J connectivity index is 0.000000561. The van der Waals surface area contributed by atoms with Crippen LogP contribution in [-0.2, 0) is 0 Å². The second kappa shape index (κ2) is 7.23. The van der Waals surface area contributed by atoms with Crippen LogP contribution in [0, 0.1) is 6.92 Å². The molecule has 1 heteroatoms. The van der Waals surface area contributed by atoms with E-state index in [1.54, 1.807) is 0 Å². The summed E-state index contributed by atoms with van der Waals surface area (Å²) in [6, 6.07) is 8.49. The predicted octanol–water partition coefficient (Wildman–Crippen LogP) is 4.13. The third-order valence-corrected chi connectivity index (χ3v) is 2.45. The average Bonchev–Trinajstić information content (AvgIpc) is 2.13. The normalized spacial score (nSPS) is 8.67. The maximum absolute atomic E-state index is 2.18. The second-order valence-corrected chi connectivity index (χ2v) is 3.50. The van der Waals surface area contributed by atoms with Crippen LogP contribution in [0.3, 0.4) is 0 Å². The fourth-order valence-corrected chi connectivity index (χ4v) is 1.66. The van der Waals surface area contributed by atoms with Gasteiger partial charge in [0.25, 0.3) is 0 Å². The van der Waals surface area contributed by atoms with Gasteiger partial charge >= 0.3 is 0 Å². The largest absolute Gasteiger partial charge is 0.126 e. The molecule has 1 aromatic rings. The van der Waals surface area contributed by atoms with Gasteiger partial charge in [0.15, 0.2) is 0 Å². The van der Waals surface area contributed by atoms with Crippen LogP contribution in [0.25, 0.3) is 0 Å². The van der Waals surface area contributed by atoms with Crippen molar-refractivity contribution in [2.45, 2.75) is 32.6 Å². The quantitative estimate of drug-likeness (QED) is 0.620. The van der Waals surface area contributed by atoms with Crippen molar-refractivity contribution < 1.29 is 0 Å².